The maximum atomic E-state index is 11.9. The summed E-state index contributed by atoms with van der Waals surface area (Å²) in [5.41, 5.74) is 2.34. The first-order chi connectivity index (χ1) is 15.7. The summed E-state index contributed by atoms with van der Waals surface area (Å²) < 4.78 is 6.55. The van der Waals surface area contributed by atoms with Crippen molar-refractivity contribution < 1.29 is 9.53 Å². The monoisotopic (exact) mass is 473 g/mol. The molecule has 0 aliphatic carbocycles. The van der Waals surface area contributed by atoms with Crippen molar-refractivity contribution in [3.63, 3.8) is 0 Å². The summed E-state index contributed by atoms with van der Waals surface area (Å²) in [6.45, 7) is 9.43. The van der Waals surface area contributed by atoms with Gasteiger partial charge in [-0.15, -0.1) is 12.4 Å². The number of halogens is 1. The van der Waals surface area contributed by atoms with Gasteiger partial charge in [0.05, 0.1) is 0 Å². The molecule has 1 aromatic carbocycles. The van der Waals surface area contributed by atoms with Crippen molar-refractivity contribution in [2.75, 3.05) is 32.7 Å². The quantitative estimate of drug-likeness (QED) is 0.508. The summed E-state index contributed by atoms with van der Waals surface area (Å²) in [6, 6.07) is 8.65. The van der Waals surface area contributed by atoms with E-state index >= 15 is 0 Å². The first kappa shape index (κ1) is 25.8. The van der Waals surface area contributed by atoms with Crippen LogP contribution in [0.2, 0.25) is 0 Å². The Hall–Kier alpha value is -1.85. The van der Waals surface area contributed by atoms with Gasteiger partial charge in [0.15, 0.2) is 0 Å². The lowest BCUT2D eigenvalue weighted by molar-refractivity contribution is -0.132. The molecule has 0 radical (unpaired) electrons. The largest absolute Gasteiger partial charge is 0.488 e. The number of nitrogens with zero attached hydrogens (tertiary/aromatic N) is 3. The van der Waals surface area contributed by atoms with Gasteiger partial charge in [-0.05, 0) is 68.2 Å². The van der Waals surface area contributed by atoms with Crippen molar-refractivity contribution in [1.82, 2.24) is 14.8 Å². The number of carbonyl (C=O) groups is 1. The molecule has 2 aliphatic heterocycles. The van der Waals surface area contributed by atoms with Gasteiger partial charge in [0, 0.05) is 50.7 Å². The lowest BCUT2D eigenvalue weighted by Crippen LogP contribution is -2.44. The Morgan fingerprint density at radius 3 is 2.55 bits per heavy atom. The number of piperidine rings is 2. The average Bonchev–Trinajstić information content (AvgIpc) is 2.84. The third-order valence-corrected chi connectivity index (χ3v) is 7.16. The number of carbonyl (C=O) groups excluding carboxylic acids is 1. The third-order valence-electron chi connectivity index (χ3n) is 7.16. The first-order valence-corrected chi connectivity index (χ1v) is 12.7. The number of unbranched alkanes of at least 4 members (excludes halogenated alkanes) is 1. The Kier molecular flexibility index (Phi) is 9.81. The SMILES string of the molecule is CCCCc1cc(OC2CCN(CC3CCN(C(=O)CC)CC3)CC2)c2ncccc2c1.Cl. The fourth-order valence-corrected chi connectivity index (χ4v) is 5.18. The highest BCUT2D eigenvalue weighted by molar-refractivity contribution is 5.85. The van der Waals surface area contributed by atoms with E-state index in [1.807, 2.05) is 24.1 Å². The van der Waals surface area contributed by atoms with E-state index in [1.165, 1.54) is 23.8 Å². The molecule has 6 heteroatoms. The zero-order chi connectivity index (χ0) is 22.3. The summed E-state index contributed by atoms with van der Waals surface area (Å²) in [6.07, 6.45) is 10.7. The summed E-state index contributed by atoms with van der Waals surface area (Å²) in [4.78, 5) is 21.2. The van der Waals surface area contributed by atoms with E-state index in [-0.39, 0.29) is 18.5 Å². The van der Waals surface area contributed by atoms with E-state index in [0.29, 0.717) is 12.3 Å². The van der Waals surface area contributed by atoms with Crippen LogP contribution in [-0.4, -0.2) is 59.5 Å². The summed E-state index contributed by atoms with van der Waals surface area (Å²) in [7, 11) is 0. The Bertz CT molecular complexity index is 890. The Balaban J connectivity index is 0.00000306. The molecule has 33 heavy (non-hydrogen) atoms. The molecule has 3 heterocycles. The van der Waals surface area contributed by atoms with Crippen molar-refractivity contribution in [2.45, 2.75) is 71.3 Å². The molecule has 0 N–H and O–H groups in total. The maximum Gasteiger partial charge on any atom is 0.222 e. The molecular weight excluding hydrogens is 434 g/mol. The first-order valence-electron chi connectivity index (χ1n) is 12.7. The van der Waals surface area contributed by atoms with Gasteiger partial charge in [0.2, 0.25) is 5.91 Å². The molecule has 1 aromatic heterocycles. The molecule has 0 atom stereocenters. The maximum absolute atomic E-state index is 11.9. The van der Waals surface area contributed by atoms with Gasteiger partial charge in [0.25, 0.3) is 0 Å². The van der Waals surface area contributed by atoms with E-state index < -0.39 is 0 Å². The Morgan fingerprint density at radius 1 is 1.09 bits per heavy atom. The number of likely N-dealkylation sites (tertiary alicyclic amines) is 2. The molecule has 5 nitrogen and oxygen atoms in total. The van der Waals surface area contributed by atoms with Crippen molar-refractivity contribution in [3.8, 4) is 5.75 Å². The number of aromatic nitrogens is 1. The zero-order valence-electron chi connectivity index (χ0n) is 20.3. The van der Waals surface area contributed by atoms with Gasteiger partial charge in [-0.3, -0.25) is 9.78 Å². The van der Waals surface area contributed by atoms with Crippen LogP contribution < -0.4 is 4.74 Å². The molecule has 2 saturated heterocycles. The second kappa shape index (κ2) is 12.6. The van der Waals surface area contributed by atoms with Crippen LogP contribution in [0, 0.1) is 5.92 Å². The fourth-order valence-electron chi connectivity index (χ4n) is 5.18. The summed E-state index contributed by atoms with van der Waals surface area (Å²) in [5.74, 6) is 1.99. The molecular formula is C27H40ClN3O2. The number of benzene rings is 1. The lowest BCUT2D eigenvalue weighted by Gasteiger charge is -2.37. The molecule has 182 valence electrons. The van der Waals surface area contributed by atoms with E-state index in [0.717, 1.165) is 82.0 Å². The van der Waals surface area contributed by atoms with Gasteiger partial charge in [-0.1, -0.05) is 26.3 Å². The minimum Gasteiger partial charge on any atom is -0.488 e. The summed E-state index contributed by atoms with van der Waals surface area (Å²) in [5, 5.41) is 1.18. The Labute approximate surface area is 205 Å². The molecule has 0 unspecified atom stereocenters. The van der Waals surface area contributed by atoms with E-state index in [1.54, 1.807) is 0 Å². The van der Waals surface area contributed by atoms with Crippen molar-refractivity contribution in [2.24, 2.45) is 5.92 Å². The molecule has 2 aromatic rings. The lowest BCUT2D eigenvalue weighted by atomic mass is 9.95. The molecule has 2 aliphatic rings. The molecule has 1 amide bonds. The van der Waals surface area contributed by atoms with E-state index in [4.69, 9.17) is 4.74 Å². The second-order valence-corrected chi connectivity index (χ2v) is 9.57. The van der Waals surface area contributed by atoms with Gasteiger partial charge >= 0.3 is 0 Å². The molecule has 0 bridgehead atoms. The van der Waals surface area contributed by atoms with E-state index in [9.17, 15) is 4.79 Å². The fraction of sp³-hybridized carbons (Fsp3) is 0.630. The van der Waals surface area contributed by atoms with Gasteiger partial charge in [0.1, 0.15) is 17.4 Å². The van der Waals surface area contributed by atoms with Crippen molar-refractivity contribution in [1.29, 1.82) is 0 Å². The molecule has 0 spiro atoms. The second-order valence-electron chi connectivity index (χ2n) is 9.57. The van der Waals surface area contributed by atoms with Crippen LogP contribution in [-0.2, 0) is 11.2 Å². The highest BCUT2D eigenvalue weighted by Gasteiger charge is 2.26. The van der Waals surface area contributed by atoms with Crippen LogP contribution in [0.1, 0.15) is 64.4 Å². The average molecular weight is 474 g/mol. The minimum absolute atomic E-state index is 0. The third kappa shape index (κ3) is 6.83. The van der Waals surface area contributed by atoms with Gasteiger partial charge in [-0.2, -0.15) is 0 Å². The smallest absolute Gasteiger partial charge is 0.222 e. The van der Waals surface area contributed by atoms with Crippen LogP contribution in [0.25, 0.3) is 10.9 Å². The highest BCUT2D eigenvalue weighted by Crippen LogP contribution is 2.30. The zero-order valence-corrected chi connectivity index (χ0v) is 21.1. The molecule has 2 fully saturated rings. The van der Waals surface area contributed by atoms with Crippen LogP contribution in [0.15, 0.2) is 30.5 Å². The normalized spacial score (nSPS) is 18.3. The predicted molar refractivity (Wildman–Crippen MR) is 137 cm³/mol. The Morgan fingerprint density at radius 2 is 1.85 bits per heavy atom. The standard InChI is InChI=1S/C27H39N3O2.ClH/c1-3-5-7-22-18-23-8-6-13-28-27(23)25(19-22)32-24-11-14-29(15-12-24)20-21-9-16-30(17-10-21)26(31)4-2;/h6,8,13,18-19,21,24H,3-5,7,9-12,14-17,20H2,1-2H3;1H. The number of ether oxygens (including phenoxy) is 1. The number of aryl methyl sites for hydroxylation is 1. The minimum atomic E-state index is 0. The molecule has 4 rings (SSSR count). The van der Waals surface area contributed by atoms with Crippen LogP contribution in [0.4, 0.5) is 0 Å². The van der Waals surface area contributed by atoms with Gasteiger partial charge < -0.3 is 14.5 Å². The molecule has 0 saturated carbocycles. The number of amides is 1. The number of rotatable bonds is 8. The number of hydrogen-bond acceptors (Lipinski definition) is 4. The van der Waals surface area contributed by atoms with Crippen LogP contribution >= 0.6 is 12.4 Å². The number of pyridine rings is 1. The van der Waals surface area contributed by atoms with Crippen molar-refractivity contribution in [3.05, 3.63) is 36.0 Å². The number of hydrogen-bond donors (Lipinski definition) is 0. The van der Waals surface area contributed by atoms with Gasteiger partial charge in [-0.25, -0.2) is 0 Å². The topological polar surface area (TPSA) is 45.7 Å². The van der Waals surface area contributed by atoms with Crippen LogP contribution in [0.5, 0.6) is 5.75 Å². The number of fused-ring (bicyclic) bond motifs is 1. The van der Waals surface area contributed by atoms with Crippen LogP contribution in [0.3, 0.4) is 0 Å². The van der Waals surface area contributed by atoms with Crippen molar-refractivity contribution >= 4 is 29.2 Å². The predicted octanol–water partition coefficient (Wildman–Crippen LogP) is 5.49. The summed E-state index contributed by atoms with van der Waals surface area (Å²) >= 11 is 0. The highest BCUT2D eigenvalue weighted by atomic mass is 35.5. The van der Waals surface area contributed by atoms with E-state index in [2.05, 4.69) is 35.0 Å².